The highest BCUT2D eigenvalue weighted by Gasteiger charge is 2.80. The van der Waals surface area contributed by atoms with E-state index in [1.54, 1.807) is 6.92 Å². The van der Waals surface area contributed by atoms with Gasteiger partial charge in [0.15, 0.2) is 0 Å². The van der Waals surface area contributed by atoms with Gasteiger partial charge in [0, 0.05) is 24.7 Å². The first-order valence-electron chi connectivity index (χ1n) is 11.4. The lowest BCUT2D eigenvalue weighted by Crippen LogP contribution is -2.64. The first-order chi connectivity index (χ1) is 13.1. The first kappa shape index (κ1) is 18.9. The fraction of sp³-hybridized carbons (Fsp3) is 0.917. The van der Waals surface area contributed by atoms with Crippen LogP contribution in [0.4, 0.5) is 0 Å². The van der Waals surface area contributed by atoms with Crippen LogP contribution in [0.1, 0.15) is 79.6 Å². The summed E-state index contributed by atoms with van der Waals surface area (Å²) in [6.07, 6.45) is 8.38. The SMILES string of the molecule is CC(=O)OC[C@@]1(C)CCC[C@]2(C)[C@@H]1C[C@H](OC(C)=O)[C@@]13C[C@@H]4[C@@H](C[C@@H]21)[C@]4(C)C3. The van der Waals surface area contributed by atoms with Crippen molar-refractivity contribution in [2.75, 3.05) is 6.61 Å². The highest BCUT2D eigenvalue weighted by molar-refractivity contribution is 5.66. The number of ether oxygens (including phenoxy) is 2. The molecule has 0 aromatic carbocycles. The van der Waals surface area contributed by atoms with Gasteiger partial charge in [0.05, 0.1) is 6.61 Å². The lowest BCUT2D eigenvalue weighted by atomic mass is 9.39. The molecule has 156 valence electrons. The molecule has 4 bridgehead atoms. The fourth-order valence-electron chi connectivity index (χ4n) is 9.42. The second kappa shape index (κ2) is 5.55. The zero-order chi connectivity index (χ0) is 20.1. The first-order valence-corrected chi connectivity index (χ1v) is 11.4. The van der Waals surface area contributed by atoms with Crippen molar-refractivity contribution in [2.24, 2.45) is 45.3 Å². The maximum atomic E-state index is 12.1. The van der Waals surface area contributed by atoms with Crippen molar-refractivity contribution in [3.05, 3.63) is 0 Å². The van der Waals surface area contributed by atoms with Gasteiger partial charge < -0.3 is 9.47 Å². The Labute approximate surface area is 169 Å². The molecular formula is C24H36O4. The molecule has 0 aromatic heterocycles. The van der Waals surface area contributed by atoms with Crippen LogP contribution in [0.2, 0.25) is 0 Å². The van der Waals surface area contributed by atoms with Crippen molar-refractivity contribution >= 4 is 11.9 Å². The van der Waals surface area contributed by atoms with Crippen molar-refractivity contribution in [3.63, 3.8) is 0 Å². The lowest BCUT2D eigenvalue weighted by molar-refractivity contribution is -0.230. The molecule has 6 aliphatic rings. The third-order valence-electron chi connectivity index (χ3n) is 10.5. The van der Waals surface area contributed by atoms with Crippen LogP contribution in [0.3, 0.4) is 0 Å². The van der Waals surface area contributed by atoms with E-state index in [0.717, 1.165) is 24.7 Å². The van der Waals surface area contributed by atoms with E-state index in [1.165, 1.54) is 39.0 Å². The van der Waals surface area contributed by atoms with E-state index in [9.17, 15) is 9.59 Å². The topological polar surface area (TPSA) is 52.6 Å². The Morgan fingerprint density at radius 1 is 0.929 bits per heavy atom. The molecule has 6 fully saturated rings. The third-order valence-corrected chi connectivity index (χ3v) is 10.5. The largest absolute Gasteiger partial charge is 0.465 e. The number of carbonyl (C=O) groups is 2. The Bertz CT molecular complexity index is 732. The molecule has 0 aromatic rings. The van der Waals surface area contributed by atoms with Crippen LogP contribution in [0.5, 0.6) is 0 Å². The Morgan fingerprint density at radius 2 is 1.68 bits per heavy atom. The molecule has 6 rings (SSSR count). The minimum atomic E-state index is -0.189. The monoisotopic (exact) mass is 388 g/mol. The molecule has 6 aliphatic carbocycles. The minimum Gasteiger partial charge on any atom is -0.465 e. The number of carbonyl (C=O) groups excluding carboxylic acids is 2. The minimum absolute atomic E-state index is 0.0217. The zero-order valence-corrected chi connectivity index (χ0v) is 18.2. The van der Waals surface area contributed by atoms with Crippen LogP contribution in [0.15, 0.2) is 0 Å². The standard InChI is InChI=1S/C24H36O4/c1-14(25)27-13-21(3)7-6-8-22(4)18(21)10-20(28-15(2)26)24-11-17-16(9-19(22)24)23(17,5)12-24/h16-20H,6-13H2,1-5H3/t16-,17-,18-,19+,20+,21-,22-,23+,24-/m1/s1. The molecule has 1 spiro atoms. The second-order valence-corrected chi connectivity index (χ2v) is 11.8. The van der Waals surface area contributed by atoms with Gasteiger partial charge in [-0.15, -0.1) is 0 Å². The molecule has 0 unspecified atom stereocenters. The van der Waals surface area contributed by atoms with E-state index >= 15 is 0 Å². The van der Waals surface area contributed by atoms with Gasteiger partial charge in [0.25, 0.3) is 0 Å². The van der Waals surface area contributed by atoms with Gasteiger partial charge in [-0.1, -0.05) is 27.2 Å². The van der Waals surface area contributed by atoms with Gasteiger partial charge in [0.1, 0.15) is 6.10 Å². The number of esters is 2. The van der Waals surface area contributed by atoms with Gasteiger partial charge in [0.2, 0.25) is 0 Å². The molecule has 0 amide bonds. The van der Waals surface area contributed by atoms with Crippen LogP contribution in [0, 0.1) is 45.3 Å². The number of rotatable bonds is 3. The maximum Gasteiger partial charge on any atom is 0.302 e. The molecule has 0 aliphatic heterocycles. The summed E-state index contributed by atoms with van der Waals surface area (Å²) < 4.78 is 11.7. The van der Waals surface area contributed by atoms with Crippen LogP contribution < -0.4 is 0 Å². The summed E-state index contributed by atoms with van der Waals surface area (Å²) in [5.74, 6) is 2.50. The highest BCUT2D eigenvalue weighted by atomic mass is 16.5. The third kappa shape index (κ3) is 2.24. The summed E-state index contributed by atoms with van der Waals surface area (Å²) >= 11 is 0. The van der Waals surface area contributed by atoms with Crippen LogP contribution >= 0.6 is 0 Å². The summed E-state index contributed by atoms with van der Waals surface area (Å²) in [4.78, 5) is 23.6. The fourth-order valence-corrected chi connectivity index (χ4v) is 9.42. The van der Waals surface area contributed by atoms with Crippen molar-refractivity contribution in [2.45, 2.75) is 85.7 Å². The van der Waals surface area contributed by atoms with Gasteiger partial charge in [-0.3, -0.25) is 9.59 Å². The lowest BCUT2D eigenvalue weighted by Gasteiger charge is -2.67. The van der Waals surface area contributed by atoms with Crippen LogP contribution in [-0.2, 0) is 19.1 Å². The molecule has 4 nitrogen and oxygen atoms in total. The second-order valence-electron chi connectivity index (χ2n) is 11.8. The maximum absolute atomic E-state index is 12.1. The Hall–Kier alpha value is -1.06. The predicted octanol–water partition coefficient (Wildman–Crippen LogP) is 4.75. The summed E-state index contributed by atoms with van der Waals surface area (Å²) in [6, 6.07) is 0. The van der Waals surface area contributed by atoms with E-state index in [4.69, 9.17) is 9.47 Å². The summed E-state index contributed by atoms with van der Waals surface area (Å²) in [5.41, 5.74) is 0.934. The molecule has 0 heterocycles. The number of fused-ring (bicyclic) bond motifs is 1. The summed E-state index contributed by atoms with van der Waals surface area (Å²) in [6.45, 7) is 10.9. The molecule has 0 saturated heterocycles. The average Bonchev–Trinajstić information content (AvgIpc) is 3.05. The van der Waals surface area contributed by atoms with Crippen molar-refractivity contribution in [1.29, 1.82) is 0 Å². The molecule has 4 heteroatoms. The predicted molar refractivity (Wildman–Crippen MR) is 105 cm³/mol. The number of hydrogen-bond donors (Lipinski definition) is 0. The number of hydrogen-bond acceptors (Lipinski definition) is 4. The summed E-state index contributed by atoms with van der Waals surface area (Å²) in [5, 5.41) is 0. The molecular weight excluding hydrogens is 352 g/mol. The van der Waals surface area contributed by atoms with E-state index in [1.807, 2.05) is 0 Å². The highest BCUT2D eigenvalue weighted by Crippen LogP contribution is 2.85. The smallest absolute Gasteiger partial charge is 0.302 e. The van der Waals surface area contributed by atoms with Crippen molar-refractivity contribution in [1.82, 2.24) is 0 Å². The Balaban J connectivity index is 1.53. The summed E-state index contributed by atoms with van der Waals surface area (Å²) in [7, 11) is 0. The van der Waals surface area contributed by atoms with E-state index in [2.05, 4.69) is 20.8 Å². The van der Waals surface area contributed by atoms with Crippen molar-refractivity contribution in [3.8, 4) is 0 Å². The Morgan fingerprint density at radius 3 is 2.29 bits per heavy atom. The quantitative estimate of drug-likeness (QED) is 0.655. The normalized spacial score (nSPS) is 55.7. The molecule has 9 atom stereocenters. The molecule has 28 heavy (non-hydrogen) atoms. The molecule has 0 N–H and O–H groups in total. The van der Waals surface area contributed by atoms with Gasteiger partial charge >= 0.3 is 11.9 Å². The van der Waals surface area contributed by atoms with Gasteiger partial charge in [-0.05, 0) is 73.0 Å². The molecule has 6 saturated carbocycles. The zero-order valence-electron chi connectivity index (χ0n) is 18.2. The Kier molecular flexibility index (Phi) is 3.75. The van der Waals surface area contributed by atoms with E-state index < -0.39 is 0 Å². The van der Waals surface area contributed by atoms with E-state index in [-0.39, 0.29) is 34.3 Å². The van der Waals surface area contributed by atoms with Crippen molar-refractivity contribution < 1.29 is 19.1 Å². The van der Waals surface area contributed by atoms with Gasteiger partial charge in [-0.2, -0.15) is 0 Å². The van der Waals surface area contributed by atoms with Crippen LogP contribution in [-0.4, -0.2) is 24.6 Å². The van der Waals surface area contributed by atoms with Gasteiger partial charge in [-0.25, -0.2) is 0 Å². The molecule has 0 radical (unpaired) electrons. The van der Waals surface area contributed by atoms with Crippen LogP contribution in [0.25, 0.3) is 0 Å². The van der Waals surface area contributed by atoms with E-state index in [0.29, 0.717) is 23.9 Å². The average molecular weight is 389 g/mol.